The van der Waals surface area contributed by atoms with E-state index < -0.39 is 22.0 Å². The first-order valence-electron chi connectivity index (χ1n) is 7.70. The zero-order valence-corrected chi connectivity index (χ0v) is 16.2. The van der Waals surface area contributed by atoms with Crippen molar-refractivity contribution >= 4 is 38.9 Å². The van der Waals surface area contributed by atoms with Gasteiger partial charge in [-0.1, -0.05) is 29.3 Å². The number of hydrogen-bond acceptors (Lipinski definition) is 4. The molecule has 5 nitrogen and oxygen atoms in total. The van der Waals surface area contributed by atoms with E-state index in [1.807, 2.05) is 0 Å². The monoisotopic (exact) mass is 393 g/mol. The van der Waals surface area contributed by atoms with E-state index in [2.05, 4.69) is 0 Å². The number of carbonyl (C=O) groups is 1. The molecule has 1 aliphatic carbocycles. The Morgan fingerprint density at radius 3 is 2.50 bits per heavy atom. The Bertz CT molecular complexity index is 719. The molecule has 0 bridgehead atoms. The molecular weight excluding hydrogens is 373 g/mol. The summed E-state index contributed by atoms with van der Waals surface area (Å²) >= 11 is 12.0. The van der Waals surface area contributed by atoms with E-state index in [1.54, 1.807) is 36.9 Å². The molecule has 24 heavy (non-hydrogen) atoms. The second kappa shape index (κ2) is 7.50. The Hall–Kier alpha value is -0.980. The molecule has 1 saturated carbocycles. The molecule has 0 saturated heterocycles. The van der Waals surface area contributed by atoms with Crippen molar-refractivity contribution in [1.29, 1.82) is 0 Å². The van der Waals surface area contributed by atoms with Crippen molar-refractivity contribution in [2.24, 2.45) is 0 Å². The Morgan fingerprint density at radius 2 is 1.96 bits per heavy atom. The van der Waals surface area contributed by atoms with Crippen molar-refractivity contribution in [1.82, 2.24) is 4.90 Å². The zero-order valence-electron chi connectivity index (χ0n) is 13.8. The van der Waals surface area contributed by atoms with Crippen LogP contribution in [-0.2, 0) is 14.6 Å². The van der Waals surface area contributed by atoms with Crippen LogP contribution in [0, 0.1) is 0 Å². The van der Waals surface area contributed by atoms with Crippen LogP contribution in [0.15, 0.2) is 18.2 Å². The third-order valence-corrected chi connectivity index (χ3v) is 5.67. The normalized spacial score (nSPS) is 17.2. The molecule has 0 radical (unpaired) electrons. The quantitative estimate of drug-likeness (QED) is 0.713. The highest BCUT2D eigenvalue weighted by Crippen LogP contribution is 2.33. The van der Waals surface area contributed by atoms with Gasteiger partial charge in [0.2, 0.25) is 0 Å². The summed E-state index contributed by atoms with van der Waals surface area (Å²) in [7, 11) is -3.18. The molecule has 134 valence electrons. The smallest absolute Gasteiger partial charge is 0.263 e. The van der Waals surface area contributed by atoms with E-state index >= 15 is 0 Å². The van der Waals surface area contributed by atoms with Crippen LogP contribution in [0.3, 0.4) is 0 Å². The number of carbonyl (C=O) groups excluding carboxylic acids is 1. The molecule has 1 aliphatic rings. The topological polar surface area (TPSA) is 63.7 Å². The second-order valence-corrected chi connectivity index (χ2v) is 9.20. The fraction of sp³-hybridized carbons (Fsp3) is 0.562. The molecule has 0 spiro atoms. The predicted octanol–water partition coefficient (Wildman–Crippen LogP) is 3.18. The molecule has 0 N–H and O–H groups in total. The van der Waals surface area contributed by atoms with E-state index in [0.29, 0.717) is 10.8 Å². The highest BCUT2D eigenvalue weighted by Gasteiger charge is 2.39. The Kier molecular flexibility index (Phi) is 6.04. The molecule has 2 rings (SSSR count). The molecule has 2 unspecified atom stereocenters. The lowest BCUT2D eigenvalue weighted by molar-refractivity contribution is -0.140. The third-order valence-electron chi connectivity index (χ3n) is 3.78. The lowest BCUT2D eigenvalue weighted by Crippen LogP contribution is -2.49. The van der Waals surface area contributed by atoms with Gasteiger partial charge >= 0.3 is 0 Å². The van der Waals surface area contributed by atoms with E-state index in [0.717, 1.165) is 12.8 Å². The van der Waals surface area contributed by atoms with Gasteiger partial charge in [-0.05, 0) is 38.8 Å². The number of nitrogens with zero attached hydrogens (tertiary/aromatic N) is 1. The summed E-state index contributed by atoms with van der Waals surface area (Å²) in [6.45, 7) is 3.37. The maximum absolute atomic E-state index is 12.8. The molecule has 1 fully saturated rings. The number of rotatable bonds is 7. The molecular formula is C16H21Cl2NO4S. The van der Waals surface area contributed by atoms with Gasteiger partial charge in [0.15, 0.2) is 6.10 Å². The van der Waals surface area contributed by atoms with Crippen molar-refractivity contribution in [3.63, 3.8) is 0 Å². The van der Waals surface area contributed by atoms with Crippen LogP contribution < -0.4 is 4.74 Å². The van der Waals surface area contributed by atoms with Gasteiger partial charge in [0, 0.05) is 18.3 Å². The van der Waals surface area contributed by atoms with E-state index in [-0.39, 0.29) is 22.7 Å². The summed E-state index contributed by atoms with van der Waals surface area (Å²) in [6, 6.07) is 4.63. The lowest BCUT2D eigenvalue weighted by atomic mass is 10.2. The van der Waals surface area contributed by atoms with E-state index in [9.17, 15) is 13.2 Å². The number of hydrogen-bond donors (Lipinski definition) is 0. The Labute approximate surface area is 152 Å². The fourth-order valence-corrected chi connectivity index (χ4v) is 4.03. The summed E-state index contributed by atoms with van der Waals surface area (Å²) in [5.41, 5.74) is 0. The van der Waals surface area contributed by atoms with Gasteiger partial charge in [0.1, 0.15) is 20.6 Å². The molecule has 1 aromatic carbocycles. The van der Waals surface area contributed by atoms with E-state index in [4.69, 9.17) is 27.9 Å². The summed E-state index contributed by atoms with van der Waals surface area (Å²) in [6.07, 6.45) is 2.14. The number of benzene rings is 1. The van der Waals surface area contributed by atoms with E-state index in [1.165, 1.54) is 6.26 Å². The van der Waals surface area contributed by atoms with Crippen LogP contribution in [0.1, 0.15) is 26.7 Å². The van der Waals surface area contributed by atoms with Crippen molar-refractivity contribution in [3.8, 4) is 5.75 Å². The summed E-state index contributed by atoms with van der Waals surface area (Å²) in [5, 5.41) is 0.597. The lowest BCUT2D eigenvalue weighted by Gasteiger charge is -2.31. The Balaban J connectivity index is 2.13. The van der Waals surface area contributed by atoms with Crippen LogP contribution >= 0.6 is 23.2 Å². The second-order valence-electron chi connectivity index (χ2n) is 6.23. The maximum atomic E-state index is 12.8. The maximum Gasteiger partial charge on any atom is 0.263 e. The molecule has 1 aromatic rings. The molecule has 1 amide bonds. The van der Waals surface area contributed by atoms with Crippen LogP contribution in [0.4, 0.5) is 0 Å². The minimum absolute atomic E-state index is 0.0696. The first-order chi connectivity index (χ1) is 11.1. The number of sulfone groups is 1. The number of amides is 1. The van der Waals surface area contributed by atoms with Crippen LogP contribution in [0.25, 0.3) is 0 Å². The van der Waals surface area contributed by atoms with Gasteiger partial charge in [-0.15, -0.1) is 0 Å². The SMILES string of the molecule is CC(Oc1cccc(Cl)c1Cl)C(=O)N(C(C)CS(C)(=O)=O)C1CC1. The standard InChI is InChI=1S/C16H21Cl2NO4S/c1-10(9-24(3,21)22)19(12-7-8-12)16(20)11(2)23-14-6-4-5-13(17)15(14)18/h4-6,10-12H,7-9H2,1-3H3. The predicted molar refractivity (Wildman–Crippen MR) is 95.6 cm³/mol. The van der Waals surface area contributed by atoms with Gasteiger partial charge in [0.05, 0.1) is 10.8 Å². The number of ether oxygens (including phenoxy) is 1. The van der Waals surface area contributed by atoms with Crippen molar-refractivity contribution < 1.29 is 17.9 Å². The number of halogens is 2. The van der Waals surface area contributed by atoms with Gasteiger partial charge in [-0.2, -0.15) is 0 Å². The van der Waals surface area contributed by atoms with Crippen LogP contribution in [0.2, 0.25) is 10.0 Å². The van der Waals surface area contributed by atoms with Gasteiger partial charge < -0.3 is 9.64 Å². The summed E-state index contributed by atoms with van der Waals surface area (Å²) in [5.74, 6) is 0.0149. The highest BCUT2D eigenvalue weighted by atomic mass is 35.5. The largest absolute Gasteiger partial charge is 0.479 e. The average molecular weight is 394 g/mol. The van der Waals surface area contributed by atoms with Crippen molar-refractivity contribution in [2.75, 3.05) is 12.0 Å². The first kappa shape index (κ1) is 19.3. The van der Waals surface area contributed by atoms with Gasteiger partial charge in [0.25, 0.3) is 5.91 Å². The Morgan fingerprint density at radius 1 is 1.33 bits per heavy atom. The molecule has 8 heteroatoms. The van der Waals surface area contributed by atoms with Gasteiger partial charge in [-0.25, -0.2) is 8.42 Å². The fourth-order valence-electron chi connectivity index (χ4n) is 2.65. The van der Waals surface area contributed by atoms with Crippen LogP contribution in [-0.4, -0.2) is 49.4 Å². The van der Waals surface area contributed by atoms with Crippen molar-refractivity contribution in [3.05, 3.63) is 28.2 Å². The third kappa shape index (κ3) is 5.01. The molecule has 0 aliphatic heterocycles. The zero-order chi connectivity index (χ0) is 18.1. The van der Waals surface area contributed by atoms with Crippen LogP contribution in [0.5, 0.6) is 5.75 Å². The first-order valence-corrected chi connectivity index (χ1v) is 10.5. The summed E-state index contributed by atoms with van der Waals surface area (Å²) < 4.78 is 28.8. The minimum Gasteiger partial charge on any atom is -0.479 e. The molecule has 0 heterocycles. The highest BCUT2D eigenvalue weighted by molar-refractivity contribution is 7.90. The molecule has 2 atom stereocenters. The van der Waals surface area contributed by atoms with Crippen molar-refractivity contribution in [2.45, 2.75) is 44.9 Å². The minimum atomic E-state index is -3.18. The average Bonchev–Trinajstić information content (AvgIpc) is 3.26. The summed E-state index contributed by atoms with van der Waals surface area (Å²) in [4.78, 5) is 14.4. The van der Waals surface area contributed by atoms with Gasteiger partial charge in [-0.3, -0.25) is 4.79 Å². The molecule has 0 aromatic heterocycles.